The molecule has 2 rings (SSSR count). The first kappa shape index (κ1) is 15.1. The van der Waals surface area contributed by atoms with Gasteiger partial charge in [0.1, 0.15) is 6.61 Å². The summed E-state index contributed by atoms with van der Waals surface area (Å²) in [5.74, 6) is 1.43. The van der Waals surface area contributed by atoms with Crippen molar-refractivity contribution in [3.05, 3.63) is 23.8 Å². The molecule has 1 aliphatic rings. The number of hydrogen-bond acceptors (Lipinski definition) is 4. The first-order valence-electron chi connectivity index (χ1n) is 7.32. The molecule has 2 N–H and O–H groups in total. The standard InChI is InChI=1S/C16H25NO3/c1-4-19-15-9-12(10-17-13-6-7-13)5-8-14(15)20-11-16(2,3)18/h5,8-9,13,17-18H,4,6-7,10-11H2,1-3H3. The third-order valence-corrected chi connectivity index (χ3v) is 3.06. The molecule has 1 fully saturated rings. The molecule has 0 unspecified atom stereocenters. The van der Waals surface area contributed by atoms with E-state index in [0.29, 0.717) is 18.4 Å². The maximum atomic E-state index is 9.73. The Morgan fingerprint density at radius 3 is 2.60 bits per heavy atom. The fourth-order valence-electron chi connectivity index (χ4n) is 1.85. The molecule has 1 aromatic rings. The van der Waals surface area contributed by atoms with Crippen LogP contribution in [0.3, 0.4) is 0 Å². The predicted molar refractivity (Wildman–Crippen MR) is 79.3 cm³/mol. The second-order valence-corrected chi connectivity index (χ2v) is 5.97. The number of rotatable bonds is 8. The molecule has 0 spiro atoms. The van der Waals surface area contributed by atoms with Gasteiger partial charge in [0.2, 0.25) is 0 Å². The Balaban J connectivity index is 2.01. The second kappa shape index (κ2) is 6.46. The van der Waals surface area contributed by atoms with Crippen molar-refractivity contribution in [1.82, 2.24) is 5.32 Å². The lowest BCUT2D eigenvalue weighted by Crippen LogP contribution is -2.28. The molecule has 0 amide bonds. The zero-order valence-corrected chi connectivity index (χ0v) is 12.6. The molecular formula is C16H25NO3. The minimum absolute atomic E-state index is 0.243. The Hall–Kier alpha value is -1.26. The van der Waals surface area contributed by atoms with Crippen LogP contribution in [0.1, 0.15) is 39.2 Å². The molecule has 1 aromatic carbocycles. The molecule has 1 saturated carbocycles. The summed E-state index contributed by atoms with van der Waals surface area (Å²) in [6.07, 6.45) is 2.57. The van der Waals surface area contributed by atoms with Crippen LogP contribution in [0.2, 0.25) is 0 Å². The fraction of sp³-hybridized carbons (Fsp3) is 0.625. The maximum absolute atomic E-state index is 9.73. The largest absolute Gasteiger partial charge is 0.490 e. The molecule has 0 atom stereocenters. The molecule has 112 valence electrons. The Bertz CT molecular complexity index is 436. The van der Waals surface area contributed by atoms with Crippen LogP contribution in [-0.4, -0.2) is 30.0 Å². The van der Waals surface area contributed by atoms with Crippen molar-refractivity contribution in [1.29, 1.82) is 0 Å². The van der Waals surface area contributed by atoms with E-state index in [2.05, 4.69) is 5.32 Å². The van der Waals surface area contributed by atoms with Crippen molar-refractivity contribution in [2.45, 2.75) is 51.8 Å². The van der Waals surface area contributed by atoms with Gasteiger partial charge in [0, 0.05) is 12.6 Å². The first-order valence-corrected chi connectivity index (χ1v) is 7.32. The van der Waals surface area contributed by atoms with E-state index in [1.54, 1.807) is 13.8 Å². The third-order valence-electron chi connectivity index (χ3n) is 3.06. The van der Waals surface area contributed by atoms with Gasteiger partial charge in [0.05, 0.1) is 12.2 Å². The Kier molecular flexibility index (Phi) is 4.89. The van der Waals surface area contributed by atoms with Crippen LogP contribution in [-0.2, 0) is 6.54 Å². The van der Waals surface area contributed by atoms with Gasteiger partial charge in [-0.2, -0.15) is 0 Å². The van der Waals surface area contributed by atoms with Gasteiger partial charge in [0.15, 0.2) is 11.5 Å². The van der Waals surface area contributed by atoms with Gasteiger partial charge < -0.3 is 19.9 Å². The topological polar surface area (TPSA) is 50.7 Å². The highest BCUT2D eigenvalue weighted by Crippen LogP contribution is 2.29. The average molecular weight is 279 g/mol. The van der Waals surface area contributed by atoms with Gasteiger partial charge in [0.25, 0.3) is 0 Å². The van der Waals surface area contributed by atoms with Gasteiger partial charge >= 0.3 is 0 Å². The summed E-state index contributed by atoms with van der Waals surface area (Å²) in [6.45, 7) is 7.10. The van der Waals surface area contributed by atoms with Crippen LogP contribution < -0.4 is 14.8 Å². The summed E-state index contributed by atoms with van der Waals surface area (Å²) in [4.78, 5) is 0. The van der Waals surface area contributed by atoms with Crippen molar-refractivity contribution in [2.24, 2.45) is 0 Å². The SMILES string of the molecule is CCOc1cc(CNC2CC2)ccc1OCC(C)(C)O. The van der Waals surface area contributed by atoms with E-state index in [1.807, 2.05) is 25.1 Å². The molecule has 0 aromatic heterocycles. The minimum atomic E-state index is -0.852. The van der Waals surface area contributed by atoms with E-state index < -0.39 is 5.60 Å². The normalized spacial score (nSPS) is 15.2. The number of ether oxygens (including phenoxy) is 2. The Morgan fingerprint density at radius 1 is 1.25 bits per heavy atom. The summed E-state index contributed by atoms with van der Waals surface area (Å²) < 4.78 is 11.3. The fourth-order valence-corrected chi connectivity index (χ4v) is 1.85. The van der Waals surface area contributed by atoms with Crippen molar-refractivity contribution in [2.75, 3.05) is 13.2 Å². The summed E-state index contributed by atoms with van der Waals surface area (Å²) in [6, 6.07) is 6.66. The van der Waals surface area contributed by atoms with E-state index in [4.69, 9.17) is 9.47 Å². The van der Waals surface area contributed by atoms with Crippen LogP contribution in [0.25, 0.3) is 0 Å². The predicted octanol–water partition coefficient (Wildman–Crippen LogP) is 2.49. The molecule has 0 bridgehead atoms. The number of aliphatic hydroxyl groups is 1. The summed E-state index contributed by atoms with van der Waals surface area (Å²) in [7, 11) is 0. The molecule has 0 aliphatic heterocycles. The summed E-state index contributed by atoms with van der Waals surface area (Å²) >= 11 is 0. The van der Waals surface area contributed by atoms with E-state index in [9.17, 15) is 5.11 Å². The van der Waals surface area contributed by atoms with Gasteiger partial charge in [-0.25, -0.2) is 0 Å². The molecule has 4 nitrogen and oxygen atoms in total. The van der Waals surface area contributed by atoms with Crippen molar-refractivity contribution in [3.8, 4) is 11.5 Å². The quantitative estimate of drug-likeness (QED) is 0.767. The highest BCUT2D eigenvalue weighted by Gasteiger charge is 2.20. The third kappa shape index (κ3) is 5.02. The Morgan fingerprint density at radius 2 is 2.00 bits per heavy atom. The summed E-state index contributed by atoms with van der Waals surface area (Å²) in [5.41, 5.74) is 0.339. The van der Waals surface area contributed by atoms with E-state index in [0.717, 1.165) is 12.3 Å². The van der Waals surface area contributed by atoms with E-state index >= 15 is 0 Å². The molecule has 0 heterocycles. The zero-order chi connectivity index (χ0) is 14.6. The monoisotopic (exact) mass is 279 g/mol. The lowest BCUT2D eigenvalue weighted by Gasteiger charge is -2.20. The van der Waals surface area contributed by atoms with Crippen LogP contribution >= 0.6 is 0 Å². The van der Waals surface area contributed by atoms with Gasteiger partial charge in [-0.3, -0.25) is 0 Å². The van der Waals surface area contributed by atoms with Crippen LogP contribution in [0, 0.1) is 0 Å². The van der Waals surface area contributed by atoms with Crippen molar-refractivity contribution in [3.63, 3.8) is 0 Å². The summed E-state index contributed by atoms with van der Waals surface area (Å²) in [5, 5.41) is 13.2. The number of nitrogens with one attached hydrogen (secondary N) is 1. The van der Waals surface area contributed by atoms with Crippen molar-refractivity contribution >= 4 is 0 Å². The molecule has 0 saturated heterocycles. The van der Waals surface area contributed by atoms with Crippen LogP contribution in [0.5, 0.6) is 11.5 Å². The lowest BCUT2D eigenvalue weighted by molar-refractivity contribution is 0.0274. The van der Waals surface area contributed by atoms with Crippen LogP contribution in [0.15, 0.2) is 18.2 Å². The molecule has 0 radical (unpaired) electrons. The second-order valence-electron chi connectivity index (χ2n) is 5.97. The maximum Gasteiger partial charge on any atom is 0.161 e. The smallest absolute Gasteiger partial charge is 0.161 e. The number of benzene rings is 1. The zero-order valence-electron chi connectivity index (χ0n) is 12.6. The van der Waals surface area contributed by atoms with E-state index in [1.165, 1.54) is 18.4 Å². The van der Waals surface area contributed by atoms with Gasteiger partial charge in [-0.15, -0.1) is 0 Å². The van der Waals surface area contributed by atoms with Crippen LogP contribution in [0.4, 0.5) is 0 Å². The average Bonchev–Trinajstić information content (AvgIpc) is 3.18. The van der Waals surface area contributed by atoms with Crippen molar-refractivity contribution < 1.29 is 14.6 Å². The Labute approximate surface area is 121 Å². The molecule has 20 heavy (non-hydrogen) atoms. The molecule has 4 heteroatoms. The lowest BCUT2D eigenvalue weighted by atomic mass is 10.1. The molecule has 1 aliphatic carbocycles. The first-order chi connectivity index (χ1) is 9.48. The number of hydrogen-bond donors (Lipinski definition) is 2. The van der Waals surface area contributed by atoms with Gasteiger partial charge in [-0.05, 0) is 51.3 Å². The highest BCUT2D eigenvalue weighted by molar-refractivity contribution is 5.43. The molecular weight excluding hydrogens is 254 g/mol. The van der Waals surface area contributed by atoms with E-state index in [-0.39, 0.29) is 6.61 Å². The van der Waals surface area contributed by atoms with Gasteiger partial charge in [-0.1, -0.05) is 6.07 Å². The minimum Gasteiger partial charge on any atom is -0.490 e. The highest BCUT2D eigenvalue weighted by atomic mass is 16.5.